The maximum atomic E-state index is 12.0. The second kappa shape index (κ2) is 4.93. The zero-order valence-electron chi connectivity index (χ0n) is 12.4. The lowest BCUT2D eigenvalue weighted by Crippen LogP contribution is -2.47. The average molecular weight is 284 g/mol. The highest BCUT2D eigenvalue weighted by Gasteiger charge is 2.44. The van der Waals surface area contributed by atoms with Crippen molar-refractivity contribution in [2.45, 2.75) is 45.6 Å². The molecule has 0 N–H and O–H groups in total. The van der Waals surface area contributed by atoms with Gasteiger partial charge in [-0.25, -0.2) is 4.79 Å². The van der Waals surface area contributed by atoms with Crippen LogP contribution in [0.25, 0.3) is 0 Å². The summed E-state index contributed by atoms with van der Waals surface area (Å²) in [6.07, 6.45) is 2.87. The molecule has 2 aliphatic rings. The van der Waals surface area contributed by atoms with Crippen LogP contribution in [0.4, 0.5) is 4.79 Å². The van der Waals surface area contributed by atoms with Gasteiger partial charge < -0.3 is 14.5 Å². The van der Waals surface area contributed by atoms with Crippen molar-refractivity contribution in [1.29, 1.82) is 0 Å². The number of amides is 1. The van der Waals surface area contributed by atoms with Crippen molar-refractivity contribution in [1.82, 2.24) is 9.80 Å². The summed E-state index contributed by atoms with van der Waals surface area (Å²) in [5, 5.41) is 0. The summed E-state index contributed by atoms with van der Waals surface area (Å²) in [6, 6.07) is 0. The molecular weight excluding hydrogens is 260 g/mol. The summed E-state index contributed by atoms with van der Waals surface area (Å²) in [7, 11) is 2.07. The molecule has 0 atom stereocenters. The molecule has 0 unspecified atom stereocenters. The first-order valence-electron chi connectivity index (χ1n) is 6.97. The van der Waals surface area contributed by atoms with E-state index in [-0.39, 0.29) is 11.5 Å². The molecule has 0 aromatic heterocycles. The number of rotatable bonds is 0. The molecule has 4 nitrogen and oxygen atoms in total. The van der Waals surface area contributed by atoms with Gasteiger partial charge in [-0.2, -0.15) is 0 Å². The third-order valence-corrected chi connectivity index (χ3v) is 4.84. The van der Waals surface area contributed by atoms with Crippen molar-refractivity contribution in [3.63, 3.8) is 0 Å². The number of carbonyl (C=O) groups excluding carboxylic acids is 1. The Morgan fingerprint density at radius 2 is 1.74 bits per heavy atom. The highest BCUT2D eigenvalue weighted by atomic mass is 32.1. The number of nitrogens with zero attached hydrogens (tertiary/aromatic N) is 2. The highest BCUT2D eigenvalue weighted by molar-refractivity contribution is 7.80. The third kappa shape index (κ3) is 3.02. The summed E-state index contributed by atoms with van der Waals surface area (Å²) in [5.74, 6) is 0. The molecule has 0 aromatic rings. The lowest BCUT2D eigenvalue weighted by molar-refractivity contribution is 0.0159. The molecule has 5 heteroatoms. The van der Waals surface area contributed by atoms with Crippen LogP contribution in [0.3, 0.4) is 0 Å². The number of carbonyl (C=O) groups is 1. The fourth-order valence-electron chi connectivity index (χ4n) is 2.90. The van der Waals surface area contributed by atoms with E-state index >= 15 is 0 Å². The second-order valence-corrected chi connectivity index (χ2v) is 7.11. The van der Waals surface area contributed by atoms with Crippen LogP contribution in [0, 0.1) is 5.41 Å². The van der Waals surface area contributed by atoms with E-state index in [2.05, 4.69) is 11.9 Å². The van der Waals surface area contributed by atoms with E-state index in [4.69, 9.17) is 17.0 Å². The Morgan fingerprint density at radius 1 is 1.21 bits per heavy atom. The summed E-state index contributed by atoms with van der Waals surface area (Å²) in [5.41, 5.74) is -0.266. The topological polar surface area (TPSA) is 32.8 Å². The molecule has 0 saturated carbocycles. The lowest BCUT2D eigenvalue weighted by atomic mass is 9.77. The third-order valence-electron chi connectivity index (χ3n) is 4.10. The SMILES string of the molecule is CN1CCC2(CCN(C(=O)OC(C)(C)C)CC2)C1=S. The van der Waals surface area contributed by atoms with E-state index in [1.807, 2.05) is 25.7 Å². The summed E-state index contributed by atoms with van der Waals surface area (Å²) in [6.45, 7) is 8.25. The van der Waals surface area contributed by atoms with Gasteiger partial charge in [-0.15, -0.1) is 0 Å². The van der Waals surface area contributed by atoms with Crippen molar-refractivity contribution in [3.05, 3.63) is 0 Å². The number of likely N-dealkylation sites (tertiary alicyclic amines) is 2. The summed E-state index contributed by atoms with van der Waals surface area (Å²) >= 11 is 5.56. The number of hydrogen-bond donors (Lipinski definition) is 0. The minimum atomic E-state index is -0.422. The van der Waals surface area contributed by atoms with Crippen LogP contribution in [0.2, 0.25) is 0 Å². The maximum Gasteiger partial charge on any atom is 0.410 e. The van der Waals surface area contributed by atoms with Gasteiger partial charge in [-0.1, -0.05) is 12.2 Å². The molecule has 0 radical (unpaired) electrons. The first-order valence-corrected chi connectivity index (χ1v) is 7.38. The number of ether oxygens (including phenoxy) is 1. The Labute approximate surface area is 121 Å². The number of piperidine rings is 1. The van der Waals surface area contributed by atoms with Gasteiger partial charge in [0.15, 0.2) is 0 Å². The lowest BCUT2D eigenvalue weighted by Gasteiger charge is -2.39. The molecule has 0 aliphatic carbocycles. The Morgan fingerprint density at radius 3 is 2.16 bits per heavy atom. The van der Waals surface area contributed by atoms with Gasteiger partial charge in [-0.05, 0) is 40.0 Å². The Bertz CT molecular complexity index is 381. The minimum Gasteiger partial charge on any atom is -0.444 e. The highest BCUT2D eigenvalue weighted by Crippen LogP contribution is 2.42. The molecule has 0 aromatic carbocycles. The van der Waals surface area contributed by atoms with E-state index in [9.17, 15) is 4.79 Å². The largest absolute Gasteiger partial charge is 0.444 e. The molecule has 108 valence electrons. The van der Waals surface area contributed by atoms with Crippen LogP contribution in [0.5, 0.6) is 0 Å². The van der Waals surface area contributed by atoms with Gasteiger partial charge in [0.25, 0.3) is 0 Å². The first-order chi connectivity index (χ1) is 8.73. The van der Waals surface area contributed by atoms with Crippen molar-refractivity contribution in [3.8, 4) is 0 Å². The standard InChI is InChI=1S/C14H24N2O2S/c1-13(2,3)18-12(17)16-9-6-14(7-10-16)5-8-15(4)11(14)19/h5-10H2,1-4H3. The maximum absolute atomic E-state index is 12.0. The molecule has 2 aliphatic heterocycles. The Kier molecular flexibility index (Phi) is 3.78. The molecule has 2 fully saturated rings. The molecule has 1 amide bonds. The van der Waals surface area contributed by atoms with Crippen LogP contribution < -0.4 is 0 Å². The molecule has 0 bridgehead atoms. The molecule has 19 heavy (non-hydrogen) atoms. The molecule has 2 saturated heterocycles. The van der Waals surface area contributed by atoms with Gasteiger partial charge in [0.05, 0.1) is 4.99 Å². The van der Waals surface area contributed by atoms with Crippen LogP contribution >= 0.6 is 12.2 Å². The molecule has 2 rings (SSSR count). The average Bonchev–Trinajstić information content (AvgIpc) is 2.57. The monoisotopic (exact) mass is 284 g/mol. The van der Waals surface area contributed by atoms with Crippen molar-refractivity contribution < 1.29 is 9.53 Å². The predicted octanol–water partition coefficient (Wildman–Crippen LogP) is 2.67. The van der Waals surface area contributed by atoms with Gasteiger partial charge >= 0.3 is 6.09 Å². The summed E-state index contributed by atoms with van der Waals surface area (Å²) < 4.78 is 5.42. The quantitative estimate of drug-likeness (QED) is 0.640. The van der Waals surface area contributed by atoms with Crippen LogP contribution in [-0.2, 0) is 4.74 Å². The molecular formula is C14H24N2O2S. The normalized spacial score (nSPS) is 23.1. The number of hydrogen-bond acceptors (Lipinski definition) is 3. The minimum absolute atomic E-state index is 0.155. The van der Waals surface area contributed by atoms with Gasteiger partial charge in [-0.3, -0.25) is 0 Å². The fraction of sp³-hybridized carbons (Fsp3) is 0.857. The van der Waals surface area contributed by atoms with Crippen LogP contribution in [0.1, 0.15) is 40.0 Å². The zero-order chi connectivity index (χ0) is 14.3. The second-order valence-electron chi connectivity index (χ2n) is 6.72. The van der Waals surface area contributed by atoms with Crippen molar-refractivity contribution in [2.75, 3.05) is 26.7 Å². The van der Waals surface area contributed by atoms with Crippen LogP contribution in [0.15, 0.2) is 0 Å². The predicted molar refractivity (Wildman–Crippen MR) is 79.3 cm³/mol. The van der Waals surface area contributed by atoms with Gasteiger partial charge in [0, 0.05) is 32.1 Å². The Hall–Kier alpha value is -0.840. The number of thiocarbonyl (C=S) groups is 1. The van der Waals surface area contributed by atoms with Crippen molar-refractivity contribution >= 4 is 23.3 Å². The fourth-order valence-corrected chi connectivity index (χ4v) is 3.30. The van der Waals surface area contributed by atoms with E-state index in [0.717, 1.165) is 43.9 Å². The smallest absolute Gasteiger partial charge is 0.410 e. The Balaban J connectivity index is 1.93. The van der Waals surface area contributed by atoms with Crippen LogP contribution in [-0.4, -0.2) is 53.2 Å². The summed E-state index contributed by atoms with van der Waals surface area (Å²) in [4.78, 5) is 17.1. The zero-order valence-corrected chi connectivity index (χ0v) is 13.2. The van der Waals surface area contributed by atoms with E-state index in [0.29, 0.717) is 0 Å². The van der Waals surface area contributed by atoms with Gasteiger partial charge in [0.2, 0.25) is 0 Å². The van der Waals surface area contributed by atoms with Gasteiger partial charge in [0.1, 0.15) is 5.60 Å². The van der Waals surface area contributed by atoms with E-state index in [1.165, 1.54) is 0 Å². The van der Waals surface area contributed by atoms with Crippen molar-refractivity contribution in [2.24, 2.45) is 5.41 Å². The molecule has 2 heterocycles. The van der Waals surface area contributed by atoms with E-state index in [1.54, 1.807) is 0 Å². The molecule has 1 spiro atoms. The first kappa shape index (κ1) is 14.6. The van der Waals surface area contributed by atoms with E-state index < -0.39 is 5.60 Å².